The van der Waals surface area contributed by atoms with Crippen LogP contribution in [0.1, 0.15) is 5.56 Å². The normalized spacial score (nSPS) is 14.5. The largest absolute Gasteiger partial charge is 0.306 e. The number of anilines is 1. The number of sulfonamides is 1. The number of nitrogens with zero attached hydrogens (tertiary/aromatic N) is 3. The van der Waals surface area contributed by atoms with Gasteiger partial charge in [0.15, 0.2) is 0 Å². The molecule has 22 heavy (non-hydrogen) atoms. The van der Waals surface area contributed by atoms with Gasteiger partial charge in [-0.05, 0) is 36.2 Å². The first kappa shape index (κ1) is 13.3. The van der Waals surface area contributed by atoms with Gasteiger partial charge in [0.1, 0.15) is 5.65 Å². The Kier molecular flexibility index (Phi) is 2.77. The highest BCUT2D eigenvalue weighted by atomic mass is 32.2. The summed E-state index contributed by atoms with van der Waals surface area (Å²) in [5.41, 5.74) is 4.65. The minimum Gasteiger partial charge on any atom is -0.306 e. The molecule has 0 fully saturated rings. The van der Waals surface area contributed by atoms with Gasteiger partial charge in [0.2, 0.25) is 10.0 Å². The fraction of sp³-hybridized carbons (Fsp3) is 0.188. The molecule has 0 spiro atoms. The maximum Gasteiger partial charge on any atom is 0.232 e. The molecule has 1 aliphatic heterocycles. The van der Waals surface area contributed by atoms with Gasteiger partial charge in [0.25, 0.3) is 0 Å². The van der Waals surface area contributed by atoms with Crippen LogP contribution in [-0.2, 0) is 16.4 Å². The first-order valence-electron chi connectivity index (χ1n) is 7.07. The van der Waals surface area contributed by atoms with Crippen molar-refractivity contribution in [3.8, 4) is 11.3 Å². The molecule has 6 heteroatoms. The summed E-state index contributed by atoms with van der Waals surface area (Å²) in [6.45, 7) is 0.517. The molecule has 0 saturated heterocycles. The topological polar surface area (TPSA) is 54.7 Å². The van der Waals surface area contributed by atoms with Crippen molar-refractivity contribution in [2.75, 3.05) is 17.1 Å². The molecular weight excluding hydrogens is 298 g/mol. The summed E-state index contributed by atoms with van der Waals surface area (Å²) in [5.74, 6) is 0. The first-order valence-corrected chi connectivity index (χ1v) is 8.92. The minimum atomic E-state index is -3.20. The second-order valence-corrected chi connectivity index (χ2v) is 7.43. The summed E-state index contributed by atoms with van der Waals surface area (Å²) in [7, 11) is -3.20. The highest BCUT2D eigenvalue weighted by molar-refractivity contribution is 7.92. The van der Waals surface area contributed by atoms with Crippen LogP contribution in [0.5, 0.6) is 0 Å². The lowest BCUT2D eigenvalue weighted by molar-refractivity contribution is 0.598. The van der Waals surface area contributed by atoms with Crippen molar-refractivity contribution < 1.29 is 8.42 Å². The van der Waals surface area contributed by atoms with Crippen LogP contribution in [0.3, 0.4) is 0 Å². The quantitative estimate of drug-likeness (QED) is 0.729. The van der Waals surface area contributed by atoms with Crippen molar-refractivity contribution in [2.24, 2.45) is 0 Å². The summed E-state index contributed by atoms with van der Waals surface area (Å²) >= 11 is 0. The third-order valence-electron chi connectivity index (χ3n) is 3.99. The number of fused-ring (bicyclic) bond motifs is 2. The number of hydrogen-bond donors (Lipinski definition) is 0. The van der Waals surface area contributed by atoms with Gasteiger partial charge in [0.05, 0.1) is 17.6 Å². The number of hydrogen-bond acceptors (Lipinski definition) is 3. The van der Waals surface area contributed by atoms with Crippen LogP contribution in [0, 0.1) is 0 Å². The standard InChI is InChI=1S/C16H15N3O2S/c1-22(20,21)19-9-7-13-10-12(5-6-15(13)19)14-11-18-8-3-2-4-16(18)17-14/h2-6,8,10-11H,7,9H2,1H3. The summed E-state index contributed by atoms with van der Waals surface area (Å²) in [4.78, 5) is 4.61. The third kappa shape index (κ3) is 2.07. The monoisotopic (exact) mass is 313 g/mol. The predicted molar refractivity (Wildman–Crippen MR) is 86.5 cm³/mol. The molecule has 1 aromatic carbocycles. The smallest absolute Gasteiger partial charge is 0.232 e. The van der Waals surface area contributed by atoms with Crippen molar-refractivity contribution in [1.29, 1.82) is 0 Å². The zero-order chi connectivity index (χ0) is 15.3. The van der Waals surface area contributed by atoms with Gasteiger partial charge in [-0.3, -0.25) is 4.31 Å². The van der Waals surface area contributed by atoms with E-state index in [0.717, 1.165) is 34.6 Å². The Balaban J connectivity index is 1.79. The Labute approximate surface area is 128 Å². The fourth-order valence-corrected chi connectivity index (χ4v) is 3.91. The predicted octanol–water partition coefficient (Wildman–Crippen LogP) is 2.32. The maximum absolute atomic E-state index is 11.8. The molecule has 0 aliphatic carbocycles. The molecule has 5 nitrogen and oxygen atoms in total. The molecular formula is C16H15N3O2S. The minimum absolute atomic E-state index is 0.517. The van der Waals surface area contributed by atoms with Gasteiger partial charge < -0.3 is 4.40 Å². The Morgan fingerprint density at radius 2 is 2.05 bits per heavy atom. The number of benzene rings is 1. The van der Waals surface area contributed by atoms with Gasteiger partial charge in [-0.2, -0.15) is 0 Å². The lowest BCUT2D eigenvalue weighted by Crippen LogP contribution is -2.27. The van der Waals surface area contributed by atoms with Crippen LogP contribution in [0.2, 0.25) is 0 Å². The van der Waals surface area contributed by atoms with Gasteiger partial charge in [0, 0.05) is 24.5 Å². The Bertz CT molecular complexity index is 943. The Morgan fingerprint density at radius 1 is 1.18 bits per heavy atom. The van der Waals surface area contributed by atoms with Crippen molar-refractivity contribution in [3.05, 3.63) is 54.4 Å². The molecule has 0 N–H and O–H groups in total. The van der Waals surface area contributed by atoms with E-state index < -0.39 is 10.0 Å². The van der Waals surface area contributed by atoms with Crippen molar-refractivity contribution in [2.45, 2.75) is 6.42 Å². The van der Waals surface area contributed by atoms with Gasteiger partial charge in [-0.25, -0.2) is 13.4 Å². The highest BCUT2D eigenvalue weighted by Crippen LogP contribution is 2.33. The van der Waals surface area contributed by atoms with Crippen LogP contribution >= 0.6 is 0 Å². The molecule has 0 saturated carbocycles. The highest BCUT2D eigenvalue weighted by Gasteiger charge is 2.26. The van der Waals surface area contributed by atoms with E-state index in [-0.39, 0.29) is 0 Å². The molecule has 0 amide bonds. The Hall–Kier alpha value is -2.34. The van der Waals surface area contributed by atoms with Crippen LogP contribution in [0.25, 0.3) is 16.9 Å². The van der Waals surface area contributed by atoms with Crippen LogP contribution in [0.4, 0.5) is 5.69 Å². The van der Waals surface area contributed by atoms with Crippen molar-refractivity contribution in [3.63, 3.8) is 0 Å². The first-order chi connectivity index (χ1) is 10.5. The van der Waals surface area contributed by atoms with E-state index >= 15 is 0 Å². The third-order valence-corrected chi connectivity index (χ3v) is 5.17. The number of imidazole rings is 1. The molecule has 0 radical (unpaired) electrons. The van der Waals surface area contributed by atoms with E-state index in [9.17, 15) is 8.42 Å². The summed E-state index contributed by atoms with van der Waals surface area (Å²) in [6.07, 6.45) is 5.94. The summed E-state index contributed by atoms with van der Waals surface area (Å²) in [6, 6.07) is 11.7. The molecule has 0 bridgehead atoms. The van der Waals surface area contributed by atoms with Gasteiger partial charge >= 0.3 is 0 Å². The zero-order valence-electron chi connectivity index (χ0n) is 12.1. The van der Waals surface area contributed by atoms with Crippen LogP contribution in [0.15, 0.2) is 48.8 Å². The zero-order valence-corrected chi connectivity index (χ0v) is 12.9. The molecule has 0 unspecified atom stereocenters. The second-order valence-electron chi connectivity index (χ2n) is 5.52. The molecule has 112 valence electrons. The van der Waals surface area contributed by atoms with Crippen molar-refractivity contribution in [1.82, 2.24) is 9.38 Å². The van der Waals surface area contributed by atoms with E-state index in [1.165, 1.54) is 10.6 Å². The molecule has 4 rings (SSSR count). The molecule has 2 aromatic heterocycles. The lowest BCUT2D eigenvalue weighted by atomic mass is 10.1. The lowest BCUT2D eigenvalue weighted by Gasteiger charge is -2.16. The van der Waals surface area contributed by atoms with E-state index in [4.69, 9.17) is 0 Å². The van der Waals surface area contributed by atoms with Crippen LogP contribution in [-0.4, -0.2) is 30.6 Å². The SMILES string of the molecule is CS(=O)(=O)N1CCc2cc(-c3cn4ccccc4n3)ccc21. The van der Waals surface area contributed by atoms with E-state index in [2.05, 4.69) is 4.98 Å². The Morgan fingerprint density at radius 3 is 2.82 bits per heavy atom. The number of aromatic nitrogens is 2. The number of pyridine rings is 1. The van der Waals surface area contributed by atoms with Crippen LogP contribution < -0.4 is 4.31 Å². The van der Waals surface area contributed by atoms with E-state index in [0.29, 0.717) is 6.54 Å². The van der Waals surface area contributed by atoms with Gasteiger partial charge in [-0.15, -0.1) is 0 Å². The fourth-order valence-electron chi connectivity index (χ4n) is 2.95. The van der Waals surface area contributed by atoms with Crippen molar-refractivity contribution >= 4 is 21.4 Å². The molecule has 0 atom stereocenters. The summed E-state index contributed by atoms with van der Waals surface area (Å²) < 4.78 is 27.0. The average molecular weight is 313 g/mol. The molecule has 3 heterocycles. The second kappa shape index (κ2) is 4.58. The summed E-state index contributed by atoms with van der Waals surface area (Å²) in [5, 5.41) is 0. The van der Waals surface area contributed by atoms with E-state index in [1.54, 1.807) is 0 Å². The van der Waals surface area contributed by atoms with E-state index in [1.807, 2.05) is 53.2 Å². The van der Waals surface area contributed by atoms with Gasteiger partial charge in [-0.1, -0.05) is 12.1 Å². The maximum atomic E-state index is 11.8. The molecule has 3 aromatic rings. The average Bonchev–Trinajstić information content (AvgIpc) is 3.09. The number of rotatable bonds is 2. The molecule has 1 aliphatic rings.